The molecule has 0 N–H and O–H groups in total. The van der Waals surface area contributed by atoms with Gasteiger partial charge in [-0.2, -0.15) is 0 Å². The maximum atomic E-state index is 13.7. The van der Waals surface area contributed by atoms with E-state index in [4.69, 9.17) is 9.47 Å². The molecule has 0 spiro atoms. The fourth-order valence-corrected chi connectivity index (χ4v) is 2.63. The second-order valence-electron chi connectivity index (χ2n) is 4.48. The van der Waals surface area contributed by atoms with Gasteiger partial charge in [-0.15, -0.1) is 0 Å². The Kier molecular flexibility index (Phi) is 4.65. The first kappa shape index (κ1) is 14.9. The van der Waals surface area contributed by atoms with Crippen LogP contribution in [-0.4, -0.2) is 14.2 Å². The van der Waals surface area contributed by atoms with Crippen molar-refractivity contribution in [2.24, 2.45) is 0 Å². The number of rotatable bonds is 4. The largest absolute Gasteiger partial charge is 0.497 e. The lowest BCUT2D eigenvalue weighted by Gasteiger charge is -2.16. The van der Waals surface area contributed by atoms with E-state index in [1.165, 1.54) is 6.07 Å². The summed E-state index contributed by atoms with van der Waals surface area (Å²) in [7, 11) is 3.22. The summed E-state index contributed by atoms with van der Waals surface area (Å²) in [4.78, 5) is -0.164. The zero-order valence-corrected chi connectivity index (χ0v) is 13.2. The van der Waals surface area contributed by atoms with Gasteiger partial charge in [0.15, 0.2) is 0 Å². The smallest absolute Gasteiger partial charge is 0.126 e. The molecule has 1 unspecified atom stereocenters. The summed E-state index contributed by atoms with van der Waals surface area (Å²) in [5, 5.41) is 0. The second kappa shape index (κ2) is 6.27. The molecule has 0 radical (unpaired) electrons. The van der Waals surface area contributed by atoms with E-state index in [9.17, 15) is 4.39 Å². The molecule has 106 valence electrons. The lowest BCUT2D eigenvalue weighted by Crippen LogP contribution is -1.99. The summed E-state index contributed by atoms with van der Waals surface area (Å²) >= 11 is 3.61. The predicted molar refractivity (Wildman–Crippen MR) is 81.5 cm³/mol. The number of alkyl halides is 1. The molecular weight excluding hydrogens is 323 g/mol. The third-order valence-electron chi connectivity index (χ3n) is 3.20. The van der Waals surface area contributed by atoms with E-state index in [2.05, 4.69) is 15.9 Å². The summed E-state index contributed by atoms with van der Waals surface area (Å²) in [6, 6.07) is 10.8. The first-order valence-corrected chi connectivity index (χ1v) is 7.10. The van der Waals surface area contributed by atoms with Crippen molar-refractivity contribution in [1.82, 2.24) is 0 Å². The van der Waals surface area contributed by atoms with Gasteiger partial charge in [0.05, 0.1) is 19.0 Å². The first-order valence-electron chi connectivity index (χ1n) is 6.19. The molecule has 1 atom stereocenters. The summed E-state index contributed by atoms with van der Waals surface area (Å²) < 4.78 is 24.3. The normalized spacial score (nSPS) is 12.1. The van der Waals surface area contributed by atoms with E-state index in [0.29, 0.717) is 5.56 Å². The minimum atomic E-state index is -0.214. The Morgan fingerprint density at radius 2 is 1.80 bits per heavy atom. The Balaban J connectivity index is 2.45. The lowest BCUT2D eigenvalue weighted by atomic mass is 10.0. The van der Waals surface area contributed by atoms with Crippen LogP contribution < -0.4 is 9.47 Å². The topological polar surface area (TPSA) is 18.5 Å². The van der Waals surface area contributed by atoms with Gasteiger partial charge in [0.1, 0.15) is 17.3 Å². The maximum absolute atomic E-state index is 13.7. The number of hydrogen-bond donors (Lipinski definition) is 0. The second-order valence-corrected chi connectivity index (χ2v) is 5.39. The number of ether oxygens (including phenoxy) is 2. The van der Waals surface area contributed by atoms with Crippen molar-refractivity contribution in [3.05, 3.63) is 58.9 Å². The lowest BCUT2D eigenvalue weighted by molar-refractivity contribution is 0.399. The number of aryl methyl sites for hydroxylation is 1. The first-order chi connectivity index (χ1) is 9.56. The van der Waals surface area contributed by atoms with E-state index in [1.54, 1.807) is 27.2 Å². The summed E-state index contributed by atoms with van der Waals surface area (Å²) in [6.07, 6.45) is 0. The van der Waals surface area contributed by atoms with Gasteiger partial charge in [0.2, 0.25) is 0 Å². The Bertz CT molecular complexity index is 613. The van der Waals surface area contributed by atoms with E-state index in [0.717, 1.165) is 22.6 Å². The highest BCUT2D eigenvalue weighted by Crippen LogP contribution is 2.38. The van der Waals surface area contributed by atoms with Gasteiger partial charge in [0, 0.05) is 5.56 Å². The van der Waals surface area contributed by atoms with Crippen molar-refractivity contribution in [2.45, 2.75) is 11.8 Å². The molecule has 0 fully saturated rings. The highest BCUT2D eigenvalue weighted by molar-refractivity contribution is 9.09. The molecule has 0 heterocycles. The Morgan fingerprint density at radius 3 is 2.40 bits per heavy atom. The van der Waals surface area contributed by atoms with Crippen LogP contribution in [0, 0.1) is 12.7 Å². The van der Waals surface area contributed by atoms with E-state index in [-0.39, 0.29) is 10.6 Å². The third-order valence-corrected chi connectivity index (χ3v) is 4.22. The van der Waals surface area contributed by atoms with Gasteiger partial charge in [-0.3, -0.25) is 0 Å². The standard InChI is InChI=1S/C16H16BrFO2/c1-10-4-5-11(8-14(10)18)16(17)13-9-12(19-2)6-7-15(13)20-3/h4-9,16H,1-3H3. The molecular formula is C16H16BrFO2. The third kappa shape index (κ3) is 2.96. The fraction of sp³-hybridized carbons (Fsp3) is 0.250. The van der Waals surface area contributed by atoms with Crippen molar-refractivity contribution >= 4 is 15.9 Å². The van der Waals surface area contributed by atoms with E-state index in [1.807, 2.05) is 24.3 Å². The zero-order chi connectivity index (χ0) is 14.7. The summed E-state index contributed by atoms with van der Waals surface area (Å²) in [5.74, 6) is 1.25. The highest BCUT2D eigenvalue weighted by Gasteiger charge is 2.17. The van der Waals surface area contributed by atoms with Crippen LogP contribution >= 0.6 is 15.9 Å². The van der Waals surface area contributed by atoms with Gasteiger partial charge in [0.25, 0.3) is 0 Å². The molecule has 0 bridgehead atoms. The SMILES string of the molecule is COc1ccc(OC)c(C(Br)c2ccc(C)c(F)c2)c1. The van der Waals surface area contributed by atoms with Gasteiger partial charge >= 0.3 is 0 Å². The predicted octanol–water partition coefficient (Wildman–Crippen LogP) is 4.64. The van der Waals surface area contributed by atoms with Crippen molar-refractivity contribution < 1.29 is 13.9 Å². The minimum absolute atomic E-state index is 0.164. The molecule has 0 aliphatic carbocycles. The van der Waals surface area contributed by atoms with Crippen LogP contribution in [0.1, 0.15) is 21.5 Å². The molecule has 0 saturated carbocycles. The van der Waals surface area contributed by atoms with Crippen molar-refractivity contribution in [1.29, 1.82) is 0 Å². The quantitative estimate of drug-likeness (QED) is 0.756. The van der Waals surface area contributed by atoms with Crippen LogP contribution in [0.15, 0.2) is 36.4 Å². The number of benzene rings is 2. The Hall–Kier alpha value is -1.55. The minimum Gasteiger partial charge on any atom is -0.497 e. The van der Waals surface area contributed by atoms with E-state index >= 15 is 0 Å². The molecule has 2 nitrogen and oxygen atoms in total. The Morgan fingerprint density at radius 1 is 1.05 bits per heavy atom. The van der Waals surface area contributed by atoms with Crippen LogP contribution in [0.25, 0.3) is 0 Å². The van der Waals surface area contributed by atoms with Crippen LogP contribution in [0.5, 0.6) is 11.5 Å². The average molecular weight is 339 g/mol. The van der Waals surface area contributed by atoms with Gasteiger partial charge < -0.3 is 9.47 Å². The molecule has 0 amide bonds. The summed E-state index contributed by atoms with van der Waals surface area (Å²) in [5.41, 5.74) is 2.36. The maximum Gasteiger partial charge on any atom is 0.126 e. The molecule has 2 aromatic rings. The number of methoxy groups -OCH3 is 2. The number of halogens is 2. The van der Waals surface area contributed by atoms with Crippen molar-refractivity contribution in [3.8, 4) is 11.5 Å². The molecule has 2 aromatic carbocycles. The van der Waals surface area contributed by atoms with Crippen LogP contribution in [0.4, 0.5) is 4.39 Å². The average Bonchev–Trinajstić information content (AvgIpc) is 2.48. The van der Waals surface area contributed by atoms with Gasteiger partial charge in [-0.1, -0.05) is 28.1 Å². The fourth-order valence-electron chi connectivity index (χ4n) is 1.98. The zero-order valence-electron chi connectivity index (χ0n) is 11.6. The molecule has 4 heteroatoms. The highest BCUT2D eigenvalue weighted by atomic mass is 79.9. The molecule has 0 saturated heterocycles. The van der Waals surface area contributed by atoms with Crippen molar-refractivity contribution in [2.75, 3.05) is 14.2 Å². The summed E-state index contributed by atoms with van der Waals surface area (Å²) in [6.45, 7) is 1.74. The van der Waals surface area contributed by atoms with Gasteiger partial charge in [-0.05, 0) is 42.3 Å². The number of hydrogen-bond acceptors (Lipinski definition) is 2. The molecule has 2 rings (SSSR count). The van der Waals surface area contributed by atoms with Crippen LogP contribution in [0.2, 0.25) is 0 Å². The monoisotopic (exact) mass is 338 g/mol. The molecule has 20 heavy (non-hydrogen) atoms. The van der Waals surface area contributed by atoms with Crippen molar-refractivity contribution in [3.63, 3.8) is 0 Å². The van der Waals surface area contributed by atoms with Gasteiger partial charge in [-0.25, -0.2) is 4.39 Å². The van der Waals surface area contributed by atoms with E-state index < -0.39 is 0 Å². The molecule has 0 aliphatic heterocycles. The molecule has 0 aromatic heterocycles. The van der Waals surface area contributed by atoms with Crippen LogP contribution in [-0.2, 0) is 0 Å². The van der Waals surface area contributed by atoms with Crippen LogP contribution in [0.3, 0.4) is 0 Å². The Labute approximate surface area is 126 Å². The molecule has 0 aliphatic rings.